The molecule has 0 heterocycles. The molecule has 0 aliphatic carbocycles. The first-order chi connectivity index (χ1) is 19.1. The second-order valence-electron chi connectivity index (χ2n) is 12.1. The minimum atomic E-state index is -0.698. The Kier molecular flexibility index (Phi) is 30.6. The summed E-state index contributed by atoms with van der Waals surface area (Å²) in [5.74, 6) is -0.698. The maximum Gasteiger partial charge on any atom is 0.306 e. The predicted molar refractivity (Wildman–Crippen MR) is 167 cm³/mol. The molecule has 0 radical (unpaired) electrons. The van der Waals surface area contributed by atoms with E-state index in [0.717, 1.165) is 64.2 Å². The summed E-state index contributed by atoms with van der Waals surface area (Å²) < 4.78 is 5.95. The van der Waals surface area contributed by atoms with Crippen LogP contribution in [0, 0.1) is 0 Å². The normalized spacial score (nSPS) is 12.1. The van der Waals surface area contributed by atoms with Crippen LogP contribution in [0.15, 0.2) is 0 Å². The monoisotopic (exact) mass is 553 g/mol. The molecule has 0 aliphatic heterocycles. The van der Waals surface area contributed by atoms with Crippen LogP contribution in [0.5, 0.6) is 0 Å². The number of ether oxygens (including phenoxy) is 1. The van der Waals surface area contributed by atoms with Crippen LogP contribution in [0.1, 0.15) is 206 Å². The summed E-state index contributed by atoms with van der Waals surface area (Å²) in [7, 11) is 0. The van der Waals surface area contributed by atoms with E-state index in [0.29, 0.717) is 6.42 Å². The van der Waals surface area contributed by atoms with Gasteiger partial charge in [0.1, 0.15) is 6.10 Å². The van der Waals surface area contributed by atoms with Crippen molar-refractivity contribution in [2.24, 2.45) is 0 Å². The number of carbonyl (C=O) groups excluding carboxylic acids is 1. The van der Waals surface area contributed by atoms with Crippen molar-refractivity contribution < 1.29 is 19.4 Å². The molecular weight excluding hydrogens is 484 g/mol. The molecule has 1 N–H and O–H groups in total. The minimum absolute atomic E-state index is 0.000352. The molecule has 0 bridgehead atoms. The molecular formula is C35H68O4. The molecule has 0 amide bonds. The molecule has 0 saturated carbocycles. The van der Waals surface area contributed by atoms with Crippen molar-refractivity contribution in [3.05, 3.63) is 0 Å². The molecule has 1 unspecified atom stereocenters. The van der Waals surface area contributed by atoms with Gasteiger partial charge in [0.25, 0.3) is 0 Å². The molecule has 0 saturated heterocycles. The van der Waals surface area contributed by atoms with E-state index >= 15 is 0 Å². The Hall–Kier alpha value is -1.06. The fourth-order valence-electron chi connectivity index (χ4n) is 5.48. The Morgan fingerprint density at radius 2 is 0.769 bits per heavy atom. The number of carboxylic acid groups (broad SMARTS) is 1. The van der Waals surface area contributed by atoms with Crippen LogP contribution in [0.25, 0.3) is 0 Å². The van der Waals surface area contributed by atoms with Gasteiger partial charge in [0.2, 0.25) is 0 Å². The van der Waals surface area contributed by atoms with Crippen molar-refractivity contribution in [1.29, 1.82) is 0 Å². The molecule has 0 spiro atoms. The second kappa shape index (κ2) is 31.5. The number of unbranched alkanes of at least 4 members (excludes halogenated alkanes) is 23. The molecule has 39 heavy (non-hydrogen) atoms. The maximum atomic E-state index is 12.5. The average Bonchev–Trinajstić information content (AvgIpc) is 2.91. The zero-order valence-electron chi connectivity index (χ0n) is 26.5. The molecule has 0 fully saturated rings. The summed E-state index contributed by atoms with van der Waals surface area (Å²) in [6.45, 7) is 4.52. The van der Waals surface area contributed by atoms with E-state index in [1.165, 1.54) is 116 Å². The van der Waals surface area contributed by atoms with Gasteiger partial charge in [-0.3, -0.25) is 9.59 Å². The van der Waals surface area contributed by atoms with E-state index in [9.17, 15) is 9.59 Å². The van der Waals surface area contributed by atoms with Gasteiger partial charge in [0, 0.05) is 12.8 Å². The highest BCUT2D eigenvalue weighted by Crippen LogP contribution is 2.19. The van der Waals surface area contributed by atoms with Gasteiger partial charge in [-0.15, -0.1) is 0 Å². The van der Waals surface area contributed by atoms with Crippen molar-refractivity contribution in [2.75, 3.05) is 0 Å². The first-order valence-corrected chi connectivity index (χ1v) is 17.5. The van der Waals surface area contributed by atoms with E-state index in [1.807, 2.05) is 0 Å². The quantitative estimate of drug-likeness (QED) is 0.0665. The summed E-state index contributed by atoms with van der Waals surface area (Å²) >= 11 is 0. The van der Waals surface area contributed by atoms with Crippen molar-refractivity contribution >= 4 is 11.9 Å². The zero-order chi connectivity index (χ0) is 28.7. The van der Waals surface area contributed by atoms with Gasteiger partial charge >= 0.3 is 11.9 Å². The Morgan fingerprint density at radius 3 is 1.13 bits per heavy atom. The van der Waals surface area contributed by atoms with Gasteiger partial charge in [-0.25, -0.2) is 0 Å². The Balaban J connectivity index is 3.99. The fraction of sp³-hybridized carbons (Fsp3) is 0.943. The van der Waals surface area contributed by atoms with Gasteiger partial charge in [-0.05, 0) is 38.5 Å². The molecule has 0 aromatic heterocycles. The third-order valence-corrected chi connectivity index (χ3v) is 8.08. The Morgan fingerprint density at radius 1 is 0.462 bits per heavy atom. The molecule has 0 aromatic rings. The van der Waals surface area contributed by atoms with Crippen LogP contribution in [-0.4, -0.2) is 23.1 Å². The smallest absolute Gasteiger partial charge is 0.306 e. The maximum absolute atomic E-state index is 12.5. The number of carboxylic acids is 1. The third kappa shape index (κ3) is 31.3. The lowest BCUT2D eigenvalue weighted by atomic mass is 10.0. The third-order valence-electron chi connectivity index (χ3n) is 8.08. The highest BCUT2D eigenvalue weighted by molar-refractivity contribution is 5.69. The molecule has 4 nitrogen and oxygen atoms in total. The van der Waals surface area contributed by atoms with Gasteiger partial charge in [-0.1, -0.05) is 155 Å². The van der Waals surface area contributed by atoms with Crippen LogP contribution >= 0.6 is 0 Å². The standard InChI is InChI=1S/C35H68O4/c1-3-5-7-9-11-12-13-14-15-16-17-19-21-25-29-33(30-26-22-20-23-27-31-34(36)37)39-35(38)32-28-24-18-10-8-6-4-2/h33H,3-32H2,1-2H3,(H,36,37). The summed E-state index contributed by atoms with van der Waals surface area (Å²) in [4.78, 5) is 23.2. The van der Waals surface area contributed by atoms with E-state index in [4.69, 9.17) is 9.84 Å². The van der Waals surface area contributed by atoms with Gasteiger partial charge in [0.05, 0.1) is 0 Å². The molecule has 0 rings (SSSR count). The van der Waals surface area contributed by atoms with E-state index < -0.39 is 5.97 Å². The van der Waals surface area contributed by atoms with Crippen molar-refractivity contribution in [1.82, 2.24) is 0 Å². The lowest BCUT2D eigenvalue weighted by Gasteiger charge is -2.18. The minimum Gasteiger partial charge on any atom is -0.481 e. The summed E-state index contributed by atoms with van der Waals surface area (Å²) in [6, 6.07) is 0. The number of hydrogen-bond donors (Lipinski definition) is 1. The lowest BCUT2D eigenvalue weighted by molar-refractivity contribution is -0.150. The van der Waals surface area contributed by atoms with Crippen LogP contribution in [-0.2, 0) is 14.3 Å². The van der Waals surface area contributed by atoms with Crippen LogP contribution in [0.4, 0.5) is 0 Å². The van der Waals surface area contributed by atoms with Crippen molar-refractivity contribution in [2.45, 2.75) is 213 Å². The number of carbonyl (C=O) groups is 2. The number of hydrogen-bond acceptors (Lipinski definition) is 3. The second-order valence-corrected chi connectivity index (χ2v) is 12.1. The van der Waals surface area contributed by atoms with Crippen molar-refractivity contribution in [3.8, 4) is 0 Å². The molecule has 0 aliphatic rings. The SMILES string of the molecule is CCCCCCCCCCCCCCCCC(CCCCCCCC(=O)O)OC(=O)CCCCCCCCC. The highest BCUT2D eigenvalue weighted by atomic mass is 16.5. The first kappa shape index (κ1) is 37.9. The predicted octanol–water partition coefficient (Wildman–Crippen LogP) is 11.7. The average molecular weight is 553 g/mol. The van der Waals surface area contributed by atoms with Gasteiger partial charge in [-0.2, -0.15) is 0 Å². The zero-order valence-corrected chi connectivity index (χ0v) is 26.5. The number of rotatable bonds is 32. The van der Waals surface area contributed by atoms with Gasteiger partial charge < -0.3 is 9.84 Å². The first-order valence-electron chi connectivity index (χ1n) is 17.5. The van der Waals surface area contributed by atoms with Crippen molar-refractivity contribution in [3.63, 3.8) is 0 Å². The highest BCUT2D eigenvalue weighted by Gasteiger charge is 2.14. The van der Waals surface area contributed by atoms with Crippen LogP contribution in [0.2, 0.25) is 0 Å². The summed E-state index contributed by atoms with van der Waals surface area (Å²) in [6.07, 6.45) is 35.5. The number of aliphatic carboxylic acids is 1. The Labute approximate surface area is 243 Å². The molecule has 232 valence electrons. The van der Waals surface area contributed by atoms with Gasteiger partial charge in [0.15, 0.2) is 0 Å². The fourth-order valence-corrected chi connectivity index (χ4v) is 5.48. The molecule has 1 atom stereocenters. The molecule has 0 aromatic carbocycles. The van der Waals surface area contributed by atoms with Crippen LogP contribution in [0.3, 0.4) is 0 Å². The topological polar surface area (TPSA) is 63.6 Å². The van der Waals surface area contributed by atoms with E-state index in [-0.39, 0.29) is 18.5 Å². The van der Waals surface area contributed by atoms with Crippen LogP contribution < -0.4 is 0 Å². The molecule has 4 heteroatoms. The summed E-state index contributed by atoms with van der Waals surface area (Å²) in [5, 5.41) is 8.77. The van der Waals surface area contributed by atoms with E-state index in [2.05, 4.69) is 13.8 Å². The number of esters is 1. The van der Waals surface area contributed by atoms with E-state index in [1.54, 1.807) is 0 Å². The lowest BCUT2D eigenvalue weighted by Crippen LogP contribution is -2.18. The largest absolute Gasteiger partial charge is 0.481 e. The Bertz CT molecular complexity index is 519. The summed E-state index contributed by atoms with van der Waals surface area (Å²) in [5.41, 5.74) is 0.